The second-order valence-corrected chi connectivity index (χ2v) is 11.6. The molecular formula is C30H23Br2N3O3. The number of benzene rings is 4. The minimum absolute atomic E-state index is 0.530. The number of amides is 4. The molecule has 2 heterocycles. The van der Waals surface area contributed by atoms with Gasteiger partial charge in [-0.2, -0.15) is 0 Å². The van der Waals surface area contributed by atoms with Crippen molar-refractivity contribution >= 4 is 66.2 Å². The van der Waals surface area contributed by atoms with Gasteiger partial charge >= 0.3 is 6.03 Å². The number of rotatable bonds is 2. The lowest BCUT2D eigenvalue weighted by Gasteiger charge is -2.53. The summed E-state index contributed by atoms with van der Waals surface area (Å²) in [6.45, 7) is 0. The molecule has 1 N–H and O–H groups in total. The van der Waals surface area contributed by atoms with Gasteiger partial charge in [-0.1, -0.05) is 86.5 Å². The summed E-state index contributed by atoms with van der Waals surface area (Å²) in [5, 5.41) is 5.53. The molecule has 1 spiro atoms. The molecule has 0 radical (unpaired) electrons. The molecular weight excluding hydrogens is 610 g/mol. The van der Waals surface area contributed by atoms with Crippen LogP contribution in [0, 0.1) is 5.41 Å². The molecule has 38 heavy (non-hydrogen) atoms. The van der Waals surface area contributed by atoms with Crippen LogP contribution in [0.4, 0.5) is 10.5 Å². The molecule has 2 aliphatic rings. The summed E-state index contributed by atoms with van der Waals surface area (Å²) in [6, 6.07) is 26.0. The number of carbonyl (C=O) groups excluding carboxylic acids is 3. The average molecular weight is 633 g/mol. The molecule has 0 saturated carbocycles. The van der Waals surface area contributed by atoms with Crippen molar-refractivity contribution in [3.05, 3.63) is 111 Å². The van der Waals surface area contributed by atoms with E-state index in [1.807, 2.05) is 84.9 Å². The normalized spacial score (nSPS) is 20.6. The number of anilines is 1. The number of nitrogens with one attached hydrogen (secondary N) is 1. The number of hydrogen-bond donors (Lipinski definition) is 1. The topological polar surface area (TPSA) is 69.7 Å². The molecule has 2 atom stereocenters. The SMILES string of the molecule is CN1C(=O)N(C)C(=O)C2(C1=O)[C@H](c1ccc(Br)cc1)c1c(ccc3ccccc13)N[C@H]2c1ccc(Br)cc1. The number of hydrogen-bond acceptors (Lipinski definition) is 4. The molecule has 0 unspecified atom stereocenters. The monoisotopic (exact) mass is 631 g/mol. The van der Waals surface area contributed by atoms with Gasteiger partial charge in [-0.3, -0.25) is 19.4 Å². The Morgan fingerprint density at radius 2 is 1.26 bits per heavy atom. The van der Waals surface area contributed by atoms with Crippen LogP contribution in [0.5, 0.6) is 0 Å². The quantitative estimate of drug-likeness (QED) is 0.250. The van der Waals surface area contributed by atoms with Crippen molar-refractivity contribution in [3.63, 3.8) is 0 Å². The second-order valence-electron chi connectivity index (χ2n) is 9.74. The van der Waals surface area contributed by atoms with E-state index in [9.17, 15) is 14.4 Å². The van der Waals surface area contributed by atoms with Gasteiger partial charge in [0.25, 0.3) is 0 Å². The second kappa shape index (κ2) is 9.06. The third kappa shape index (κ3) is 3.47. The van der Waals surface area contributed by atoms with Crippen LogP contribution >= 0.6 is 31.9 Å². The predicted octanol–water partition coefficient (Wildman–Crippen LogP) is 6.70. The Kier molecular flexibility index (Phi) is 5.92. The fourth-order valence-electron chi connectivity index (χ4n) is 6.02. The summed E-state index contributed by atoms with van der Waals surface area (Å²) in [4.78, 5) is 44.2. The molecule has 190 valence electrons. The number of halogens is 2. The molecule has 0 aliphatic carbocycles. The predicted molar refractivity (Wildman–Crippen MR) is 154 cm³/mol. The van der Waals surface area contributed by atoms with E-state index in [4.69, 9.17) is 0 Å². The highest BCUT2D eigenvalue weighted by Gasteiger charge is 2.67. The third-order valence-corrected chi connectivity index (χ3v) is 8.82. The van der Waals surface area contributed by atoms with E-state index in [0.29, 0.717) is 0 Å². The Morgan fingerprint density at radius 3 is 1.87 bits per heavy atom. The maximum absolute atomic E-state index is 14.5. The zero-order valence-electron chi connectivity index (χ0n) is 20.6. The van der Waals surface area contributed by atoms with Gasteiger partial charge in [-0.05, 0) is 57.8 Å². The zero-order chi connectivity index (χ0) is 26.8. The van der Waals surface area contributed by atoms with Crippen LogP contribution in [-0.2, 0) is 9.59 Å². The Balaban J connectivity index is 1.76. The molecule has 0 aromatic heterocycles. The molecule has 4 aromatic rings. The maximum atomic E-state index is 14.5. The molecule has 4 amide bonds. The first-order valence-corrected chi connectivity index (χ1v) is 13.7. The van der Waals surface area contributed by atoms with Crippen LogP contribution in [-0.4, -0.2) is 41.7 Å². The summed E-state index contributed by atoms with van der Waals surface area (Å²) in [5.74, 6) is -1.74. The lowest BCUT2D eigenvalue weighted by molar-refractivity contribution is -0.160. The van der Waals surface area contributed by atoms with Crippen molar-refractivity contribution in [2.24, 2.45) is 5.41 Å². The molecule has 1 saturated heterocycles. The van der Waals surface area contributed by atoms with Crippen LogP contribution in [0.15, 0.2) is 93.9 Å². The Hall–Kier alpha value is -3.49. The summed E-state index contributed by atoms with van der Waals surface area (Å²) < 4.78 is 1.77. The summed E-state index contributed by atoms with van der Waals surface area (Å²) in [6.07, 6.45) is 0. The van der Waals surface area contributed by atoms with Crippen molar-refractivity contribution in [2.45, 2.75) is 12.0 Å². The first-order chi connectivity index (χ1) is 18.2. The molecule has 1 fully saturated rings. The van der Waals surface area contributed by atoms with E-state index in [-0.39, 0.29) is 0 Å². The van der Waals surface area contributed by atoms with Crippen LogP contribution in [0.25, 0.3) is 10.8 Å². The van der Waals surface area contributed by atoms with Crippen molar-refractivity contribution < 1.29 is 14.4 Å². The third-order valence-electron chi connectivity index (χ3n) is 7.77. The van der Waals surface area contributed by atoms with Gasteiger partial charge in [0.05, 0.1) is 6.04 Å². The highest BCUT2D eigenvalue weighted by molar-refractivity contribution is 9.10. The highest BCUT2D eigenvalue weighted by Crippen LogP contribution is 2.59. The molecule has 6 rings (SSSR count). The van der Waals surface area contributed by atoms with E-state index in [1.165, 1.54) is 14.1 Å². The number of imide groups is 2. The van der Waals surface area contributed by atoms with Gasteiger partial charge in [-0.15, -0.1) is 0 Å². The first kappa shape index (κ1) is 24.8. The van der Waals surface area contributed by atoms with Gasteiger partial charge < -0.3 is 5.32 Å². The standard InChI is InChI=1S/C30H23Br2N3O3/c1-34-27(36)30(28(37)35(2)29(34)38)25(18-7-12-20(31)13-8-18)24-22-6-4-3-5-17(22)11-16-23(24)33-26(30)19-9-14-21(32)15-10-19/h3-16,25-26,33H,1-2H3/t25-,26+/m1/s1. The van der Waals surface area contributed by atoms with Gasteiger partial charge in [0.1, 0.15) is 0 Å². The van der Waals surface area contributed by atoms with Crippen LogP contribution in [0.3, 0.4) is 0 Å². The van der Waals surface area contributed by atoms with Crippen molar-refractivity contribution in [3.8, 4) is 0 Å². The largest absolute Gasteiger partial charge is 0.376 e. The average Bonchev–Trinajstić information content (AvgIpc) is 2.94. The van der Waals surface area contributed by atoms with E-state index >= 15 is 0 Å². The summed E-state index contributed by atoms with van der Waals surface area (Å²) in [5.41, 5.74) is 1.62. The molecule has 6 nitrogen and oxygen atoms in total. The number of carbonyl (C=O) groups is 3. The lowest BCUT2D eigenvalue weighted by atomic mass is 9.58. The molecule has 4 aromatic carbocycles. The van der Waals surface area contributed by atoms with E-state index in [1.54, 1.807) is 0 Å². The smallest absolute Gasteiger partial charge is 0.332 e. The fraction of sp³-hybridized carbons (Fsp3) is 0.167. The Labute approximate surface area is 236 Å². The van der Waals surface area contributed by atoms with Crippen molar-refractivity contribution in [2.75, 3.05) is 19.4 Å². The minimum Gasteiger partial charge on any atom is -0.376 e. The van der Waals surface area contributed by atoms with E-state index in [0.717, 1.165) is 51.9 Å². The number of fused-ring (bicyclic) bond motifs is 3. The Morgan fingerprint density at radius 1 is 0.711 bits per heavy atom. The van der Waals surface area contributed by atoms with Gasteiger partial charge in [0.15, 0.2) is 5.41 Å². The van der Waals surface area contributed by atoms with Gasteiger partial charge in [0.2, 0.25) is 11.8 Å². The van der Waals surface area contributed by atoms with Gasteiger partial charge in [0, 0.05) is 34.6 Å². The Bertz CT molecular complexity index is 1590. The number of barbiturate groups is 1. The first-order valence-electron chi connectivity index (χ1n) is 12.1. The molecule has 8 heteroatoms. The molecule has 0 bridgehead atoms. The highest BCUT2D eigenvalue weighted by atomic mass is 79.9. The zero-order valence-corrected chi connectivity index (χ0v) is 23.8. The molecule has 2 aliphatic heterocycles. The maximum Gasteiger partial charge on any atom is 0.332 e. The van der Waals surface area contributed by atoms with Gasteiger partial charge in [-0.25, -0.2) is 4.79 Å². The lowest BCUT2D eigenvalue weighted by Crippen LogP contribution is -2.68. The van der Waals surface area contributed by atoms with Crippen LogP contribution in [0.1, 0.15) is 28.7 Å². The number of urea groups is 1. The fourth-order valence-corrected chi connectivity index (χ4v) is 6.55. The summed E-state index contributed by atoms with van der Waals surface area (Å²) in [7, 11) is 2.90. The van der Waals surface area contributed by atoms with Crippen LogP contribution in [0.2, 0.25) is 0 Å². The minimum atomic E-state index is -1.67. The van der Waals surface area contributed by atoms with Crippen molar-refractivity contribution in [1.82, 2.24) is 9.80 Å². The number of nitrogens with zero attached hydrogens (tertiary/aromatic N) is 2. The van der Waals surface area contributed by atoms with E-state index in [2.05, 4.69) is 37.2 Å². The summed E-state index contributed by atoms with van der Waals surface area (Å²) >= 11 is 7.02. The van der Waals surface area contributed by atoms with E-state index < -0.39 is 35.2 Å². The van der Waals surface area contributed by atoms with Crippen LogP contribution < -0.4 is 5.32 Å². The van der Waals surface area contributed by atoms with Crippen molar-refractivity contribution in [1.29, 1.82) is 0 Å².